The average Bonchev–Trinajstić information content (AvgIpc) is 3.39. The van der Waals surface area contributed by atoms with E-state index in [0.29, 0.717) is 36.3 Å². The van der Waals surface area contributed by atoms with Gasteiger partial charge >= 0.3 is 0 Å². The third-order valence-corrected chi connectivity index (χ3v) is 4.99. The Labute approximate surface area is 180 Å². The van der Waals surface area contributed by atoms with Gasteiger partial charge < -0.3 is 24.7 Å². The monoisotopic (exact) mass is 420 g/mol. The largest absolute Gasteiger partial charge is 0.491 e. The minimum atomic E-state index is -0.694. The highest BCUT2D eigenvalue weighted by molar-refractivity contribution is 5.93. The van der Waals surface area contributed by atoms with Crippen molar-refractivity contribution < 1.29 is 19.2 Å². The number of aromatic nitrogens is 3. The molecule has 1 fully saturated rings. The second-order valence-electron chi connectivity index (χ2n) is 7.59. The summed E-state index contributed by atoms with van der Waals surface area (Å²) in [5.41, 5.74) is 8.42. The molecule has 0 spiro atoms. The molecular weight excluding hydrogens is 396 g/mol. The van der Waals surface area contributed by atoms with E-state index >= 15 is 0 Å². The number of carbonyl (C=O) groups excluding carboxylic acids is 1. The lowest BCUT2D eigenvalue weighted by molar-refractivity contribution is 0.0994. The summed E-state index contributed by atoms with van der Waals surface area (Å²) in [5, 5.41) is 12.8. The van der Waals surface area contributed by atoms with Gasteiger partial charge in [0.05, 0.1) is 24.0 Å². The van der Waals surface area contributed by atoms with Crippen molar-refractivity contribution in [1.29, 1.82) is 0 Å². The molecule has 5 rings (SSSR count). The fraction of sp³-hybridized carbons (Fsp3) is 0.348. The van der Waals surface area contributed by atoms with Gasteiger partial charge in [-0.3, -0.25) is 4.79 Å². The highest BCUT2D eigenvalue weighted by Gasteiger charge is 2.35. The quantitative estimate of drug-likeness (QED) is 0.616. The number of nitrogens with two attached hydrogens (primary N) is 1. The zero-order chi connectivity index (χ0) is 22.0. The minimum absolute atomic E-state index is 0.350. The van der Waals surface area contributed by atoms with E-state index < -0.39 is 12.0 Å². The van der Waals surface area contributed by atoms with Crippen LogP contribution in [0.3, 0.4) is 0 Å². The van der Waals surface area contributed by atoms with Crippen molar-refractivity contribution in [2.24, 2.45) is 5.73 Å². The number of nitrogens with zero attached hydrogens (tertiary/aromatic N) is 3. The number of aliphatic hydroxyl groups is 1. The summed E-state index contributed by atoms with van der Waals surface area (Å²) in [6.45, 7) is 4.61. The second-order valence-corrected chi connectivity index (χ2v) is 7.59. The Bertz CT molecular complexity index is 1150. The van der Waals surface area contributed by atoms with Crippen molar-refractivity contribution >= 4 is 5.91 Å². The van der Waals surface area contributed by atoms with E-state index in [1.165, 1.54) is 0 Å². The predicted molar refractivity (Wildman–Crippen MR) is 113 cm³/mol. The molecule has 1 saturated carbocycles. The first-order chi connectivity index (χ1) is 14.9. The van der Waals surface area contributed by atoms with Gasteiger partial charge in [-0.1, -0.05) is 17.0 Å². The van der Waals surface area contributed by atoms with E-state index in [9.17, 15) is 9.90 Å². The predicted octanol–water partition coefficient (Wildman–Crippen LogP) is 2.63. The van der Waals surface area contributed by atoms with Crippen molar-refractivity contribution in [2.45, 2.75) is 45.3 Å². The Hall–Kier alpha value is -3.57. The smallest absolute Gasteiger partial charge is 0.269 e. The number of imidazole rings is 1. The molecule has 0 bridgehead atoms. The number of amides is 1. The first-order valence-electron chi connectivity index (χ1n) is 10.2. The van der Waals surface area contributed by atoms with Crippen LogP contribution in [-0.2, 0) is 6.54 Å². The van der Waals surface area contributed by atoms with E-state index in [2.05, 4.69) is 31.1 Å². The van der Waals surface area contributed by atoms with Crippen LogP contribution in [0.1, 0.15) is 53.2 Å². The van der Waals surface area contributed by atoms with Gasteiger partial charge in [-0.05, 0) is 44.9 Å². The molecule has 2 aliphatic rings. The van der Waals surface area contributed by atoms with Gasteiger partial charge in [-0.15, -0.1) is 0 Å². The lowest BCUT2D eigenvalue weighted by Crippen LogP contribution is -2.16. The van der Waals surface area contributed by atoms with Crippen LogP contribution in [-0.4, -0.2) is 38.4 Å². The Morgan fingerprint density at radius 1 is 1.35 bits per heavy atom. The summed E-state index contributed by atoms with van der Waals surface area (Å²) in [5.74, 6) is 7.80. The molecule has 31 heavy (non-hydrogen) atoms. The SMILES string of the molecule is CC(O)C#Cc1ccc2c(c1)-c1nc(C(N)=O)c(C3CC3)n1CCO2.Cc1ccno1. The van der Waals surface area contributed by atoms with Crippen LogP contribution in [0.15, 0.2) is 35.0 Å². The molecule has 160 valence electrons. The lowest BCUT2D eigenvalue weighted by Gasteiger charge is -2.08. The minimum Gasteiger partial charge on any atom is -0.491 e. The highest BCUT2D eigenvalue weighted by atomic mass is 16.5. The molecule has 1 amide bonds. The molecule has 1 atom stereocenters. The number of aryl methyl sites for hydroxylation is 1. The van der Waals surface area contributed by atoms with Crippen LogP contribution < -0.4 is 10.5 Å². The van der Waals surface area contributed by atoms with Crippen LogP contribution in [0.5, 0.6) is 5.75 Å². The molecule has 0 saturated heterocycles. The van der Waals surface area contributed by atoms with Crippen molar-refractivity contribution in [3.63, 3.8) is 0 Å². The van der Waals surface area contributed by atoms with Gasteiger partial charge in [-0.2, -0.15) is 0 Å². The van der Waals surface area contributed by atoms with Crippen molar-refractivity contribution in [2.75, 3.05) is 6.61 Å². The maximum absolute atomic E-state index is 11.9. The van der Waals surface area contributed by atoms with Crippen LogP contribution in [0.2, 0.25) is 0 Å². The molecule has 8 nitrogen and oxygen atoms in total. The maximum Gasteiger partial charge on any atom is 0.269 e. The Morgan fingerprint density at radius 2 is 2.16 bits per heavy atom. The number of hydrogen-bond donors (Lipinski definition) is 2. The van der Waals surface area contributed by atoms with Crippen molar-refractivity contribution in [3.8, 4) is 29.0 Å². The normalized spacial score (nSPS) is 15.1. The molecular formula is C23H24N4O4. The van der Waals surface area contributed by atoms with Gasteiger partial charge in [0.1, 0.15) is 35.7 Å². The maximum atomic E-state index is 11.9. The lowest BCUT2D eigenvalue weighted by atomic mass is 10.1. The molecule has 3 heterocycles. The van der Waals surface area contributed by atoms with Crippen molar-refractivity contribution in [3.05, 3.63) is 53.2 Å². The van der Waals surface area contributed by atoms with Crippen LogP contribution in [0.25, 0.3) is 11.4 Å². The third-order valence-electron chi connectivity index (χ3n) is 4.99. The van der Waals surface area contributed by atoms with E-state index in [4.69, 9.17) is 10.5 Å². The summed E-state index contributed by atoms with van der Waals surface area (Å²) in [4.78, 5) is 16.4. The number of fused-ring (bicyclic) bond motifs is 3. The second kappa shape index (κ2) is 8.66. The summed E-state index contributed by atoms with van der Waals surface area (Å²) < 4.78 is 12.5. The Balaban J connectivity index is 0.000000334. The van der Waals surface area contributed by atoms with E-state index in [1.807, 2.05) is 25.1 Å². The summed E-state index contributed by atoms with van der Waals surface area (Å²) in [6, 6.07) is 7.40. The number of hydrogen-bond acceptors (Lipinski definition) is 6. The number of aliphatic hydroxyl groups excluding tert-OH is 1. The van der Waals surface area contributed by atoms with Gasteiger partial charge in [0.2, 0.25) is 0 Å². The Kier molecular flexibility index (Phi) is 5.78. The molecule has 1 aromatic carbocycles. The first kappa shape index (κ1) is 20.7. The number of rotatable bonds is 2. The third kappa shape index (κ3) is 4.62. The molecule has 3 aromatic rings. The van der Waals surface area contributed by atoms with E-state index in [-0.39, 0.29) is 0 Å². The van der Waals surface area contributed by atoms with Crippen LogP contribution in [0, 0.1) is 18.8 Å². The number of primary amides is 1. The average molecular weight is 420 g/mol. The number of benzene rings is 1. The van der Waals surface area contributed by atoms with Gasteiger partial charge in [0.25, 0.3) is 5.91 Å². The molecule has 1 aliphatic heterocycles. The van der Waals surface area contributed by atoms with Gasteiger partial charge in [0, 0.05) is 17.5 Å². The van der Waals surface area contributed by atoms with Crippen LogP contribution in [0.4, 0.5) is 0 Å². The van der Waals surface area contributed by atoms with E-state index in [1.54, 1.807) is 19.2 Å². The summed E-state index contributed by atoms with van der Waals surface area (Å²) >= 11 is 0. The summed E-state index contributed by atoms with van der Waals surface area (Å²) in [7, 11) is 0. The fourth-order valence-corrected chi connectivity index (χ4v) is 3.47. The fourth-order valence-electron chi connectivity index (χ4n) is 3.47. The van der Waals surface area contributed by atoms with Crippen molar-refractivity contribution in [1.82, 2.24) is 14.7 Å². The molecule has 3 N–H and O–H groups in total. The zero-order valence-electron chi connectivity index (χ0n) is 17.5. The van der Waals surface area contributed by atoms with Crippen LogP contribution >= 0.6 is 0 Å². The van der Waals surface area contributed by atoms with Gasteiger partial charge in [-0.25, -0.2) is 4.98 Å². The first-order valence-corrected chi connectivity index (χ1v) is 10.2. The number of ether oxygens (including phenoxy) is 1. The Morgan fingerprint density at radius 3 is 2.74 bits per heavy atom. The topological polar surface area (TPSA) is 116 Å². The van der Waals surface area contributed by atoms with E-state index in [0.717, 1.165) is 35.4 Å². The molecule has 8 heteroatoms. The molecule has 1 aliphatic carbocycles. The number of carbonyl (C=O) groups is 1. The summed E-state index contributed by atoms with van der Waals surface area (Å²) in [6.07, 6.45) is 3.04. The van der Waals surface area contributed by atoms with Gasteiger partial charge in [0.15, 0.2) is 0 Å². The molecule has 2 aromatic heterocycles. The standard InChI is InChI=1S/C19H19N3O3.C4H5NO/c1-11(23)2-3-12-4-7-15-14(10-12)19-21-16(18(20)24)17(13-5-6-13)22(19)8-9-25-15;1-4-2-3-5-6-4/h4,7,10-11,13,23H,5-6,8-9H2,1H3,(H2,20,24);2-3H,1H3. The zero-order valence-corrected chi connectivity index (χ0v) is 17.5. The highest BCUT2D eigenvalue weighted by Crippen LogP contribution is 2.44. The molecule has 1 unspecified atom stereocenters. The molecule has 0 radical (unpaired) electrons.